The molecule has 0 spiro atoms. The molecule has 0 saturated carbocycles. The maximum absolute atomic E-state index is 4.98. The van der Waals surface area contributed by atoms with E-state index in [4.69, 9.17) is 3.07 Å². The fraction of sp³-hybridized carbons (Fsp3) is 1.00. The van der Waals surface area contributed by atoms with Gasteiger partial charge in [0.1, 0.15) is 0 Å². The summed E-state index contributed by atoms with van der Waals surface area (Å²) in [5, 5.41) is 0. The molecule has 0 aromatic heterocycles. The molecule has 1 unspecified atom stereocenters. The van der Waals surface area contributed by atoms with E-state index < -0.39 is 0 Å². The van der Waals surface area contributed by atoms with Gasteiger partial charge in [0.05, 0.1) is 0 Å². The van der Waals surface area contributed by atoms with Gasteiger partial charge in [-0.05, 0) is 0 Å². The topological polar surface area (TPSA) is 9.23 Å². The van der Waals surface area contributed by atoms with Gasteiger partial charge in [0.25, 0.3) is 0 Å². The quantitative estimate of drug-likeness (QED) is 0.628. The van der Waals surface area contributed by atoms with Crippen LogP contribution in [0.3, 0.4) is 0 Å². The van der Waals surface area contributed by atoms with Crippen molar-refractivity contribution in [1.29, 1.82) is 0 Å². The Morgan fingerprint density at radius 1 is 1.71 bits per heavy atom. The van der Waals surface area contributed by atoms with E-state index in [9.17, 15) is 0 Å². The fourth-order valence-corrected chi connectivity index (χ4v) is 1.07. The molecule has 3 radical (unpaired) electrons. The van der Waals surface area contributed by atoms with Crippen LogP contribution in [0, 0.1) is 5.92 Å². The average molecular weight is 206 g/mol. The molecule has 0 aromatic rings. The van der Waals surface area contributed by atoms with Crippen LogP contribution < -0.4 is 0 Å². The summed E-state index contributed by atoms with van der Waals surface area (Å²) in [6.45, 7) is 5.32. The van der Waals surface area contributed by atoms with Gasteiger partial charge in [-0.1, -0.05) is 0 Å². The first kappa shape index (κ1) is 7.76. The van der Waals surface area contributed by atoms with Gasteiger partial charge in [-0.3, -0.25) is 0 Å². The van der Waals surface area contributed by atoms with Gasteiger partial charge in [0, 0.05) is 0 Å². The third-order valence-electron chi connectivity index (χ3n) is 1.06. The van der Waals surface area contributed by atoms with Crippen molar-refractivity contribution in [2.45, 2.75) is 20.3 Å². The second kappa shape index (κ2) is 4.91. The zero-order valence-electron chi connectivity index (χ0n) is 4.90. The Balaban J connectivity index is 2.83. The summed E-state index contributed by atoms with van der Waals surface area (Å²) in [5.74, 6) is 0.749. The molecule has 0 rings (SSSR count). The van der Waals surface area contributed by atoms with E-state index in [0.717, 1.165) is 12.5 Å². The first-order valence-corrected chi connectivity index (χ1v) is 3.76. The van der Waals surface area contributed by atoms with Gasteiger partial charge >= 0.3 is 58.8 Å². The number of rotatable bonds is 3. The summed E-state index contributed by atoms with van der Waals surface area (Å²) in [7, 11) is 0. The molecule has 0 N–H and O–H groups in total. The van der Waals surface area contributed by atoms with Crippen molar-refractivity contribution in [3.8, 4) is 0 Å². The number of hydrogen-bond acceptors (Lipinski definition) is 1. The third-order valence-corrected chi connectivity index (χ3v) is 1.54. The molecule has 2 heteroatoms. The summed E-state index contributed by atoms with van der Waals surface area (Å²) in [6.07, 6.45) is 1.23. The summed E-state index contributed by atoms with van der Waals surface area (Å²) >= 11 is 1.19. The van der Waals surface area contributed by atoms with Crippen molar-refractivity contribution < 1.29 is 3.07 Å². The summed E-state index contributed by atoms with van der Waals surface area (Å²) in [5.41, 5.74) is 0. The van der Waals surface area contributed by atoms with E-state index >= 15 is 0 Å². The zero-order valence-corrected chi connectivity index (χ0v) is 7.75. The van der Waals surface area contributed by atoms with Crippen LogP contribution in [0.1, 0.15) is 20.3 Å². The third kappa shape index (κ3) is 4.62. The normalized spacial score (nSPS) is 14.1. The Kier molecular flexibility index (Phi) is 5.44. The summed E-state index contributed by atoms with van der Waals surface area (Å²) < 4.78 is 4.98. The molecule has 0 bridgehead atoms. The molecule has 0 aliphatic carbocycles. The van der Waals surface area contributed by atoms with E-state index in [-0.39, 0.29) is 0 Å². The van der Waals surface area contributed by atoms with E-state index in [1.54, 1.807) is 0 Å². The molecular formula is C5H11OSn. The van der Waals surface area contributed by atoms with Crippen LogP contribution in [-0.2, 0) is 3.07 Å². The van der Waals surface area contributed by atoms with Gasteiger partial charge < -0.3 is 0 Å². The Bertz CT molecular complexity index is 39.1. The Morgan fingerprint density at radius 2 is 2.29 bits per heavy atom. The van der Waals surface area contributed by atoms with Gasteiger partial charge in [0.2, 0.25) is 0 Å². The van der Waals surface area contributed by atoms with Crippen molar-refractivity contribution in [2.24, 2.45) is 5.92 Å². The fourth-order valence-electron chi connectivity index (χ4n) is 0.260. The van der Waals surface area contributed by atoms with Crippen LogP contribution in [0.4, 0.5) is 0 Å². The van der Waals surface area contributed by atoms with Gasteiger partial charge in [-0.2, -0.15) is 0 Å². The predicted molar refractivity (Wildman–Crippen MR) is 31.2 cm³/mol. The molecule has 0 aliphatic rings. The summed E-state index contributed by atoms with van der Waals surface area (Å²) in [4.78, 5) is 0. The second-order valence-electron chi connectivity index (χ2n) is 1.82. The first-order chi connectivity index (χ1) is 3.31. The minimum atomic E-state index is 0.749. The van der Waals surface area contributed by atoms with Crippen molar-refractivity contribution in [1.82, 2.24) is 0 Å². The molecular weight excluding hydrogens is 195 g/mol. The maximum atomic E-state index is 4.98. The zero-order chi connectivity index (χ0) is 5.70. The van der Waals surface area contributed by atoms with Crippen molar-refractivity contribution >= 4 is 22.9 Å². The van der Waals surface area contributed by atoms with E-state index in [0.29, 0.717) is 0 Å². The Labute approximate surface area is 59.1 Å². The molecule has 1 atom stereocenters. The Hall–Kier alpha value is 0.759. The molecule has 0 fully saturated rings. The van der Waals surface area contributed by atoms with E-state index in [2.05, 4.69) is 13.8 Å². The van der Waals surface area contributed by atoms with Crippen molar-refractivity contribution in [3.63, 3.8) is 0 Å². The molecule has 0 heterocycles. The molecule has 0 amide bonds. The molecule has 0 saturated heterocycles. The van der Waals surface area contributed by atoms with Crippen molar-refractivity contribution in [3.05, 3.63) is 0 Å². The number of hydrogen-bond donors (Lipinski definition) is 0. The monoisotopic (exact) mass is 207 g/mol. The SMILES string of the molecule is CCC(C)C[O][Sn]. The van der Waals surface area contributed by atoms with Crippen LogP contribution in [0.15, 0.2) is 0 Å². The second-order valence-corrected chi connectivity index (χ2v) is 2.65. The Morgan fingerprint density at radius 3 is 2.43 bits per heavy atom. The van der Waals surface area contributed by atoms with Crippen LogP contribution in [-0.4, -0.2) is 29.5 Å². The average Bonchev–Trinajstić information content (AvgIpc) is 1.68. The van der Waals surface area contributed by atoms with Crippen LogP contribution in [0.25, 0.3) is 0 Å². The van der Waals surface area contributed by atoms with Gasteiger partial charge in [-0.25, -0.2) is 0 Å². The molecule has 7 heavy (non-hydrogen) atoms. The predicted octanol–water partition coefficient (Wildman–Crippen LogP) is 1.13. The van der Waals surface area contributed by atoms with Crippen LogP contribution in [0.2, 0.25) is 0 Å². The van der Waals surface area contributed by atoms with Crippen molar-refractivity contribution in [2.75, 3.05) is 6.61 Å². The van der Waals surface area contributed by atoms with Gasteiger partial charge in [-0.15, -0.1) is 0 Å². The van der Waals surface area contributed by atoms with Crippen LogP contribution >= 0.6 is 0 Å². The van der Waals surface area contributed by atoms with Gasteiger partial charge in [0.15, 0.2) is 0 Å². The molecule has 41 valence electrons. The molecule has 1 nitrogen and oxygen atoms in total. The minimum absolute atomic E-state index is 0.749. The van der Waals surface area contributed by atoms with E-state index in [1.165, 1.54) is 29.4 Å². The standard InChI is InChI=1S/C5H11O.Sn/c1-3-5(2)4-6;/h5H,3-4H2,1-2H3;/q-1;+1. The molecule has 0 aromatic carbocycles. The molecule has 0 aliphatic heterocycles. The van der Waals surface area contributed by atoms with Crippen LogP contribution in [0.5, 0.6) is 0 Å². The van der Waals surface area contributed by atoms with E-state index in [1.807, 2.05) is 0 Å². The first-order valence-electron chi connectivity index (χ1n) is 2.59. The summed E-state index contributed by atoms with van der Waals surface area (Å²) in [6, 6.07) is 0.